The Morgan fingerprint density at radius 1 is 1.24 bits per heavy atom. The van der Waals surface area contributed by atoms with Gasteiger partial charge in [0.1, 0.15) is 0 Å². The van der Waals surface area contributed by atoms with Crippen LogP contribution in [0.1, 0.15) is 11.1 Å². The van der Waals surface area contributed by atoms with E-state index in [1.807, 2.05) is 25.1 Å². The number of anilines is 2. The van der Waals surface area contributed by atoms with E-state index < -0.39 is 0 Å². The minimum absolute atomic E-state index is 0.677. The van der Waals surface area contributed by atoms with Crippen LogP contribution in [0.3, 0.4) is 0 Å². The van der Waals surface area contributed by atoms with Gasteiger partial charge in [-0.2, -0.15) is 5.10 Å². The molecule has 0 saturated heterocycles. The molecule has 0 aliphatic heterocycles. The molecule has 0 atom stereocenters. The minimum Gasteiger partial charge on any atom is -0.339 e. The molecule has 4 heteroatoms. The normalized spacial score (nSPS) is 10.2. The van der Waals surface area contributed by atoms with E-state index in [2.05, 4.69) is 27.6 Å². The van der Waals surface area contributed by atoms with Gasteiger partial charge in [-0.15, -0.1) is 5.10 Å². The molecule has 0 aliphatic rings. The number of aromatic nitrogens is 2. The van der Waals surface area contributed by atoms with E-state index in [0.717, 1.165) is 23.5 Å². The molecule has 1 heterocycles. The number of rotatable bonds is 4. The first-order valence-corrected chi connectivity index (χ1v) is 5.63. The summed E-state index contributed by atoms with van der Waals surface area (Å²) in [6.07, 6.45) is 2.64. The summed E-state index contributed by atoms with van der Waals surface area (Å²) in [5.74, 6) is 0.761. The highest BCUT2D eigenvalue weighted by molar-refractivity contribution is 5.56. The van der Waals surface area contributed by atoms with Gasteiger partial charge >= 0.3 is 0 Å². The zero-order valence-corrected chi connectivity index (χ0v) is 9.85. The second-order valence-electron chi connectivity index (χ2n) is 3.98. The van der Waals surface area contributed by atoms with E-state index in [-0.39, 0.29) is 0 Å². The smallest absolute Gasteiger partial charge is 0.153 e. The van der Waals surface area contributed by atoms with Crippen LogP contribution < -0.4 is 11.1 Å². The molecule has 0 fully saturated rings. The molecule has 1 aromatic heterocycles. The summed E-state index contributed by atoms with van der Waals surface area (Å²) >= 11 is 0. The maximum atomic E-state index is 5.50. The van der Waals surface area contributed by atoms with Crippen molar-refractivity contribution in [1.29, 1.82) is 0 Å². The third kappa shape index (κ3) is 3.26. The summed E-state index contributed by atoms with van der Waals surface area (Å²) in [6, 6.07) is 10.1. The Kier molecular flexibility index (Phi) is 3.67. The van der Waals surface area contributed by atoms with Gasteiger partial charge in [0.2, 0.25) is 0 Å². The van der Waals surface area contributed by atoms with Gasteiger partial charge in [0.25, 0.3) is 0 Å². The minimum atomic E-state index is 0.677. The van der Waals surface area contributed by atoms with Gasteiger partial charge in [0.15, 0.2) is 5.82 Å². The predicted molar refractivity (Wildman–Crippen MR) is 69.3 cm³/mol. The van der Waals surface area contributed by atoms with E-state index in [0.29, 0.717) is 6.54 Å². The number of benzene rings is 1. The SMILES string of the molecule is Cc1cnnc(Nc2ccc(CCN)cc2)c1. The van der Waals surface area contributed by atoms with Crippen LogP contribution >= 0.6 is 0 Å². The van der Waals surface area contributed by atoms with Crippen molar-refractivity contribution in [3.63, 3.8) is 0 Å². The molecule has 4 nitrogen and oxygen atoms in total. The Labute approximate surface area is 101 Å². The van der Waals surface area contributed by atoms with Crippen molar-refractivity contribution in [1.82, 2.24) is 10.2 Å². The zero-order valence-electron chi connectivity index (χ0n) is 9.85. The van der Waals surface area contributed by atoms with Crippen LogP contribution in [0.5, 0.6) is 0 Å². The maximum absolute atomic E-state index is 5.50. The van der Waals surface area contributed by atoms with E-state index in [9.17, 15) is 0 Å². The highest BCUT2D eigenvalue weighted by Gasteiger charge is 1.97. The van der Waals surface area contributed by atoms with Gasteiger partial charge in [-0.25, -0.2) is 0 Å². The van der Waals surface area contributed by atoms with Crippen LogP contribution in [0.4, 0.5) is 11.5 Å². The van der Waals surface area contributed by atoms with Crippen molar-refractivity contribution in [2.75, 3.05) is 11.9 Å². The zero-order chi connectivity index (χ0) is 12.1. The lowest BCUT2D eigenvalue weighted by molar-refractivity contribution is 0.969. The molecular weight excluding hydrogens is 212 g/mol. The van der Waals surface area contributed by atoms with Crippen LogP contribution in [0.2, 0.25) is 0 Å². The largest absolute Gasteiger partial charge is 0.339 e. The topological polar surface area (TPSA) is 63.8 Å². The van der Waals surface area contributed by atoms with Crippen molar-refractivity contribution < 1.29 is 0 Å². The number of nitrogens with one attached hydrogen (secondary N) is 1. The van der Waals surface area contributed by atoms with Gasteiger partial charge in [0.05, 0.1) is 6.20 Å². The van der Waals surface area contributed by atoms with Crippen molar-refractivity contribution >= 4 is 11.5 Å². The quantitative estimate of drug-likeness (QED) is 0.840. The van der Waals surface area contributed by atoms with Gasteiger partial charge in [-0.1, -0.05) is 12.1 Å². The maximum Gasteiger partial charge on any atom is 0.153 e. The molecular formula is C13H16N4. The highest BCUT2D eigenvalue weighted by Crippen LogP contribution is 2.15. The summed E-state index contributed by atoms with van der Waals surface area (Å²) in [4.78, 5) is 0. The Hall–Kier alpha value is -1.94. The highest BCUT2D eigenvalue weighted by atomic mass is 15.2. The molecule has 2 aromatic rings. The van der Waals surface area contributed by atoms with Gasteiger partial charge < -0.3 is 11.1 Å². The molecule has 0 unspecified atom stereocenters. The van der Waals surface area contributed by atoms with Crippen molar-refractivity contribution in [2.45, 2.75) is 13.3 Å². The van der Waals surface area contributed by atoms with Crippen LogP contribution in [0.25, 0.3) is 0 Å². The summed E-state index contributed by atoms with van der Waals surface area (Å²) in [5, 5.41) is 11.1. The number of hydrogen-bond acceptors (Lipinski definition) is 4. The number of aryl methyl sites for hydroxylation is 1. The van der Waals surface area contributed by atoms with Gasteiger partial charge in [-0.05, 0) is 49.2 Å². The molecule has 0 saturated carbocycles. The number of nitrogens with zero attached hydrogens (tertiary/aromatic N) is 2. The van der Waals surface area contributed by atoms with E-state index in [1.165, 1.54) is 5.56 Å². The third-order valence-electron chi connectivity index (χ3n) is 2.45. The van der Waals surface area contributed by atoms with Crippen molar-refractivity contribution in [3.8, 4) is 0 Å². The first-order valence-electron chi connectivity index (χ1n) is 5.63. The second kappa shape index (κ2) is 5.41. The van der Waals surface area contributed by atoms with Crippen LogP contribution in [-0.2, 0) is 6.42 Å². The number of nitrogens with two attached hydrogens (primary N) is 1. The molecule has 0 aliphatic carbocycles. The predicted octanol–water partition coefficient (Wildman–Crippen LogP) is 2.03. The fourth-order valence-corrected chi connectivity index (χ4v) is 1.59. The fraction of sp³-hybridized carbons (Fsp3) is 0.231. The molecule has 17 heavy (non-hydrogen) atoms. The average Bonchev–Trinajstić information content (AvgIpc) is 2.32. The average molecular weight is 228 g/mol. The van der Waals surface area contributed by atoms with E-state index in [4.69, 9.17) is 5.73 Å². The summed E-state index contributed by atoms with van der Waals surface area (Å²) in [6.45, 7) is 2.67. The lowest BCUT2D eigenvalue weighted by Gasteiger charge is -2.06. The van der Waals surface area contributed by atoms with E-state index >= 15 is 0 Å². The third-order valence-corrected chi connectivity index (χ3v) is 2.45. The Bertz CT molecular complexity index is 479. The molecule has 1 aromatic carbocycles. The Balaban J connectivity index is 2.08. The van der Waals surface area contributed by atoms with Crippen molar-refractivity contribution in [2.24, 2.45) is 5.73 Å². The monoisotopic (exact) mass is 228 g/mol. The van der Waals surface area contributed by atoms with Crippen molar-refractivity contribution in [3.05, 3.63) is 47.7 Å². The van der Waals surface area contributed by atoms with Gasteiger partial charge in [-0.3, -0.25) is 0 Å². The molecule has 3 N–H and O–H groups in total. The Morgan fingerprint density at radius 2 is 2.00 bits per heavy atom. The first kappa shape index (κ1) is 11.5. The van der Waals surface area contributed by atoms with E-state index in [1.54, 1.807) is 6.20 Å². The second-order valence-corrected chi connectivity index (χ2v) is 3.98. The molecule has 0 bridgehead atoms. The summed E-state index contributed by atoms with van der Waals surface area (Å²) in [5.41, 5.74) is 8.84. The van der Waals surface area contributed by atoms with Gasteiger partial charge in [0, 0.05) is 5.69 Å². The molecule has 0 amide bonds. The first-order chi connectivity index (χ1) is 8.28. The molecule has 2 rings (SSSR count). The number of hydrogen-bond donors (Lipinski definition) is 2. The molecule has 0 spiro atoms. The lowest BCUT2D eigenvalue weighted by Crippen LogP contribution is -2.02. The fourth-order valence-electron chi connectivity index (χ4n) is 1.59. The van der Waals surface area contributed by atoms with Crippen LogP contribution in [0, 0.1) is 6.92 Å². The summed E-state index contributed by atoms with van der Waals surface area (Å²) < 4.78 is 0. The molecule has 0 radical (unpaired) electrons. The lowest BCUT2D eigenvalue weighted by atomic mass is 10.1. The Morgan fingerprint density at radius 3 is 2.65 bits per heavy atom. The summed E-state index contributed by atoms with van der Waals surface area (Å²) in [7, 11) is 0. The van der Waals surface area contributed by atoms with Crippen LogP contribution in [-0.4, -0.2) is 16.7 Å². The standard InChI is InChI=1S/C13H16N4/c1-10-8-13(17-15-9-10)16-12-4-2-11(3-5-12)6-7-14/h2-5,8-9H,6-7,14H2,1H3,(H,16,17). The van der Waals surface area contributed by atoms with Crippen LogP contribution in [0.15, 0.2) is 36.5 Å². The molecule has 88 valence electrons.